The Bertz CT molecular complexity index is 479. The lowest BCUT2D eigenvalue weighted by Crippen LogP contribution is -2.43. The van der Waals surface area contributed by atoms with Crippen LogP contribution >= 0.6 is 11.6 Å². The monoisotopic (exact) mass is 298 g/mol. The van der Waals surface area contributed by atoms with Crippen LogP contribution in [0, 0.1) is 0 Å². The third-order valence-corrected chi connectivity index (χ3v) is 3.31. The molecule has 2 atom stereocenters. The Balaban J connectivity index is 2.57. The average molecular weight is 299 g/mol. The number of amides is 2. The molecule has 0 heterocycles. The average Bonchev–Trinajstić information content (AvgIpc) is 2.37. The van der Waals surface area contributed by atoms with Gasteiger partial charge in [0.25, 0.3) is 0 Å². The van der Waals surface area contributed by atoms with Crippen molar-refractivity contribution in [2.75, 3.05) is 0 Å². The molecule has 5 nitrogen and oxygen atoms in total. The van der Waals surface area contributed by atoms with E-state index in [2.05, 4.69) is 10.6 Å². The van der Waals surface area contributed by atoms with Crippen LogP contribution in [-0.2, 0) is 4.79 Å². The summed E-state index contributed by atoms with van der Waals surface area (Å²) < 4.78 is 0. The Morgan fingerprint density at radius 3 is 2.50 bits per heavy atom. The molecule has 2 amide bonds. The largest absolute Gasteiger partial charge is 0.481 e. The van der Waals surface area contributed by atoms with Gasteiger partial charge in [-0.15, -0.1) is 0 Å². The number of carbonyl (C=O) groups is 2. The molecule has 110 valence electrons. The molecule has 0 aliphatic carbocycles. The number of benzene rings is 1. The van der Waals surface area contributed by atoms with Crippen molar-refractivity contribution in [3.8, 4) is 0 Å². The van der Waals surface area contributed by atoms with Crippen molar-refractivity contribution in [2.24, 2.45) is 0 Å². The summed E-state index contributed by atoms with van der Waals surface area (Å²) in [5.74, 6) is -0.934. The summed E-state index contributed by atoms with van der Waals surface area (Å²) in [6.45, 7) is 3.64. The molecular formula is C14H19ClN2O3. The second-order valence-corrected chi connectivity index (χ2v) is 4.97. The maximum atomic E-state index is 11.8. The van der Waals surface area contributed by atoms with Crippen molar-refractivity contribution < 1.29 is 14.7 Å². The standard InChI is InChI=1S/C14H19ClN2O3/c1-3-10(8-13(18)19)17-14(20)16-9(2)11-6-4-5-7-12(11)15/h4-7,9-10H,3,8H2,1-2H3,(H,18,19)(H2,16,17,20). The van der Waals surface area contributed by atoms with Crippen molar-refractivity contribution in [3.63, 3.8) is 0 Å². The summed E-state index contributed by atoms with van der Waals surface area (Å²) in [5.41, 5.74) is 0.815. The molecule has 0 fully saturated rings. The molecule has 20 heavy (non-hydrogen) atoms. The Kier molecular flexibility index (Phi) is 6.31. The predicted molar refractivity (Wildman–Crippen MR) is 77.9 cm³/mol. The van der Waals surface area contributed by atoms with E-state index in [1.165, 1.54) is 0 Å². The van der Waals surface area contributed by atoms with Crippen LogP contribution in [-0.4, -0.2) is 23.1 Å². The van der Waals surface area contributed by atoms with Crippen LogP contribution in [0.1, 0.15) is 38.3 Å². The third-order valence-electron chi connectivity index (χ3n) is 2.97. The molecule has 0 bridgehead atoms. The van der Waals surface area contributed by atoms with Gasteiger partial charge >= 0.3 is 12.0 Å². The molecule has 0 saturated heterocycles. The zero-order chi connectivity index (χ0) is 15.1. The van der Waals surface area contributed by atoms with Crippen LogP contribution in [0.4, 0.5) is 4.79 Å². The molecule has 6 heteroatoms. The molecule has 1 rings (SSSR count). The maximum Gasteiger partial charge on any atom is 0.315 e. The highest BCUT2D eigenvalue weighted by molar-refractivity contribution is 6.31. The minimum Gasteiger partial charge on any atom is -0.481 e. The number of nitrogens with one attached hydrogen (secondary N) is 2. The second-order valence-electron chi connectivity index (χ2n) is 4.56. The van der Waals surface area contributed by atoms with Gasteiger partial charge in [-0.3, -0.25) is 4.79 Å². The van der Waals surface area contributed by atoms with Gasteiger partial charge in [-0.05, 0) is 25.0 Å². The third kappa shape index (κ3) is 5.09. The molecule has 0 saturated carbocycles. The van der Waals surface area contributed by atoms with Gasteiger partial charge in [-0.25, -0.2) is 4.79 Å². The summed E-state index contributed by atoms with van der Waals surface area (Å²) >= 11 is 6.05. The molecule has 1 aromatic rings. The first-order valence-corrected chi connectivity index (χ1v) is 6.85. The number of hydrogen-bond acceptors (Lipinski definition) is 2. The molecular weight excluding hydrogens is 280 g/mol. The summed E-state index contributed by atoms with van der Waals surface area (Å²) in [5, 5.41) is 14.7. The van der Waals surface area contributed by atoms with E-state index in [1.54, 1.807) is 6.07 Å². The number of halogens is 1. The van der Waals surface area contributed by atoms with E-state index in [4.69, 9.17) is 16.7 Å². The lowest BCUT2D eigenvalue weighted by Gasteiger charge is -2.19. The van der Waals surface area contributed by atoms with E-state index < -0.39 is 12.0 Å². The first-order chi connectivity index (χ1) is 9.43. The van der Waals surface area contributed by atoms with Crippen LogP contribution in [0.25, 0.3) is 0 Å². The summed E-state index contributed by atoms with van der Waals surface area (Å²) in [7, 11) is 0. The fourth-order valence-electron chi connectivity index (χ4n) is 1.84. The smallest absolute Gasteiger partial charge is 0.315 e. The minimum atomic E-state index is -0.934. The summed E-state index contributed by atoms with van der Waals surface area (Å²) in [6.07, 6.45) is 0.463. The van der Waals surface area contributed by atoms with Gasteiger partial charge in [0, 0.05) is 11.1 Å². The number of urea groups is 1. The molecule has 3 N–H and O–H groups in total. The summed E-state index contributed by atoms with van der Waals surface area (Å²) in [6, 6.07) is 6.21. The highest BCUT2D eigenvalue weighted by atomic mass is 35.5. The van der Waals surface area contributed by atoms with Gasteiger partial charge in [0.05, 0.1) is 12.5 Å². The zero-order valence-corrected chi connectivity index (χ0v) is 12.3. The molecule has 1 aromatic carbocycles. The van der Waals surface area contributed by atoms with Crippen LogP contribution < -0.4 is 10.6 Å². The van der Waals surface area contributed by atoms with Gasteiger partial charge in [0.15, 0.2) is 0 Å². The van der Waals surface area contributed by atoms with Gasteiger partial charge < -0.3 is 15.7 Å². The quantitative estimate of drug-likeness (QED) is 0.755. The van der Waals surface area contributed by atoms with Crippen LogP contribution in [0.3, 0.4) is 0 Å². The number of rotatable bonds is 6. The summed E-state index contributed by atoms with van der Waals surface area (Å²) in [4.78, 5) is 22.5. The van der Waals surface area contributed by atoms with Crippen molar-refractivity contribution in [2.45, 2.75) is 38.8 Å². The molecule has 0 spiro atoms. The Morgan fingerprint density at radius 1 is 1.30 bits per heavy atom. The maximum absolute atomic E-state index is 11.8. The van der Waals surface area contributed by atoms with Gasteiger partial charge in [-0.1, -0.05) is 36.7 Å². The van der Waals surface area contributed by atoms with Crippen molar-refractivity contribution in [3.05, 3.63) is 34.9 Å². The van der Waals surface area contributed by atoms with Gasteiger partial charge in [-0.2, -0.15) is 0 Å². The zero-order valence-electron chi connectivity index (χ0n) is 11.5. The molecule has 2 unspecified atom stereocenters. The SMILES string of the molecule is CCC(CC(=O)O)NC(=O)NC(C)c1ccccc1Cl. The lowest BCUT2D eigenvalue weighted by molar-refractivity contribution is -0.137. The van der Waals surface area contributed by atoms with E-state index in [0.29, 0.717) is 11.4 Å². The molecule has 0 aromatic heterocycles. The highest BCUT2D eigenvalue weighted by Gasteiger charge is 2.16. The van der Waals surface area contributed by atoms with Crippen molar-refractivity contribution >= 4 is 23.6 Å². The predicted octanol–water partition coefficient (Wildman–Crippen LogP) is 2.95. The lowest BCUT2D eigenvalue weighted by atomic mass is 10.1. The van der Waals surface area contributed by atoms with Crippen LogP contribution in [0.15, 0.2) is 24.3 Å². The first-order valence-electron chi connectivity index (χ1n) is 6.47. The normalized spacial score (nSPS) is 13.3. The number of carboxylic acid groups (broad SMARTS) is 1. The Morgan fingerprint density at radius 2 is 1.95 bits per heavy atom. The van der Waals surface area contributed by atoms with E-state index in [0.717, 1.165) is 5.56 Å². The Hall–Kier alpha value is -1.75. The molecule has 0 aliphatic rings. The van der Waals surface area contributed by atoms with Gasteiger partial charge in [0.2, 0.25) is 0 Å². The van der Waals surface area contributed by atoms with Gasteiger partial charge in [0.1, 0.15) is 0 Å². The Labute approximate surface area is 123 Å². The number of hydrogen-bond donors (Lipinski definition) is 3. The van der Waals surface area contributed by atoms with Crippen LogP contribution in [0.2, 0.25) is 5.02 Å². The van der Waals surface area contributed by atoms with Crippen LogP contribution in [0.5, 0.6) is 0 Å². The molecule has 0 aliphatic heterocycles. The van der Waals surface area contributed by atoms with E-state index in [9.17, 15) is 9.59 Å². The topological polar surface area (TPSA) is 78.4 Å². The van der Waals surface area contributed by atoms with Crippen molar-refractivity contribution in [1.82, 2.24) is 10.6 Å². The van der Waals surface area contributed by atoms with Crippen molar-refractivity contribution in [1.29, 1.82) is 0 Å². The first kappa shape index (κ1) is 16.3. The molecule has 0 radical (unpaired) electrons. The fourth-order valence-corrected chi connectivity index (χ4v) is 2.14. The number of aliphatic carboxylic acids is 1. The fraction of sp³-hybridized carbons (Fsp3) is 0.429. The minimum absolute atomic E-state index is 0.0929. The number of carboxylic acids is 1. The van der Waals surface area contributed by atoms with E-state index in [-0.39, 0.29) is 18.5 Å². The van der Waals surface area contributed by atoms with E-state index in [1.807, 2.05) is 32.0 Å². The van der Waals surface area contributed by atoms with E-state index >= 15 is 0 Å². The second kappa shape index (κ2) is 7.75. The number of carbonyl (C=O) groups excluding carboxylic acids is 1. The highest BCUT2D eigenvalue weighted by Crippen LogP contribution is 2.21.